The Morgan fingerprint density at radius 3 is 2.50 bits per heavy atom. The first-order valence-electron chi connectivity index (χ1n) is 12.5. The lowest BCUT2D eigenvalue weighted by Gasteiger charge is -2.56. The molecule has 0 atom stereocenters. The van der Waals surface area contributed by atoms with Crippen LogP contribution in [0, 0.1) is 24.0 Å². The first kappa shape index (κ1) is 23.0. The van der Waals surface area contributed by atoms with Gasteiger partial charge in [-0.2, -0.15) is 0 Å². The van der Waals surface area contributed by atoms with Crippen LogP contribution in [0.3, 0.4) is 0 Å². The van der Waals surface area contributed by atoms with E-state index in [1.807, 2.05) is 43.7 Å². The topological polar surface area (TPSA) is 71.8 Å². The summed E-state index contributed by atoms with van der Waals surface area (Å²) in [5.74, 6) is 0.308. The van der Waals surface area contributed by atoms with Crippen molar-refractivity contribution in [1.29, 1.82) is 0 Å². The van der Waals surface area contributed by atoms with Crippen molar-refractivity contribution in [3.8, 4) is 11.3 Å². The fourth-order valence-corrected chi connectivity index (χ4v) is 5.66. The first-order chi connectivity index (χ1) is 17.3. The lowest BCUT2D eigenvalue weighted by atomic mass is 9.63. The Morgan fingerprint density at radius 1 is 1.03 bits per heavy atom. The van der Waals surface area contributed by atoms with Crippen LogP contribution in [0.15, 0.2) is 36.7 Å². The molecule has 1 saturated carbocycles. The number of nitrogens with one attached hydrogen (secondary N) is 1. The maximum absolute atomic E-state index is 14.9. The van der Waals surface area contributed by atoms with E-state index in [1.165, 1.54) is 38.4 Å². The van der Waals surface area contributed by atoms with Crippen LogP contribution in [0.1, 0.15) is 50.5 Å². The van der Waals surface area contributed by atoms with Gasteiger partial charge in [0.05, 0.1) is 11.7 Å². The number of pyridine rings is 1. The number of fused-ring (bicyclic) bond motifs is 1. The van der Waals surface area contributed by atoms with Gasteiger partial charge in [0.1, 0.15) is 22.9 Å². The van der Waals surface area contributed by atoms with Gasteiger partial charge in [-0.3, -0.25) is 4.90 Å². The van der Waals surface area contributed by atoms with E-state index in [1.54, 1.807) is 6.07 Å². The van der Waals surface area contributed by atoms with E-state index in [-0.39, 0.29) is 23.2 Å². The lowest BCUT2D eigenvalue weighted by molar-refractivity contribution is -0.0645. The highest BCUT2D eigenvalue weighted by Crippen LogP contribution is 2.48. The number of rotatable bonds is 6. The minimum Gasteiger partial charge on any atom is -0.326 e. The zero-order valence-electron chi connectivity index (χ0n) is 20.7. The molecule has 1 N–H and O–H groups in total. The number of aryl methyl sites for hydroxylation is 1. The summed E-state index contributed by atoms with van der Waals surface area (Å²) in [7, 11) is 0. The van der Waals surface area contributed by atoms with Crippen molar-refractivity contribution in [2.45, 2.75) is 52.6 Å². The second-order valence-corrected chi connectivity index (χ2v) is 10.5. The van der Waals surface area contributed by atoms with Crippen LogP contribution in [-0.4, -0.2) is 42.5 Å². The molecule has 2 fully saturated rings. The summed E-state index contributed by atoms with van der Waals surface area (Å²) in [6.45, 7) is 9.09. The molecule has 1 spiro atoms. The molecule has 7 nitrogen and oxygen atoms in total. The highest BCUT2D eigenvalue weighted by atomic mass is 19.1. The summed E-state index contributed by atoms with van der Waals surface area (Å²) in [5.41, 5.74) is 2.97. The van der Waals surface area contributed by atoms with Gasteiger partial charge in [0.25, 0.3) is 0 Å². The van der Waals surface area contributed by atoms with E-state index >= 15 is 0 Å². The van der Waals surface area contributed by atoms with Crippen LogP contribution in [0.5, 0.6) is 0 Å². The molecule has 0 radical (unpaired) electrons. The quantitative estimate of drug-likeness (QED) is 0.370. The van der Waals surface area contributed by atoms with Gasteiger partial charge in [0.15, 0.2) is 11.6 Å². The number of hydrogen-bond donors (Lipinski definition) is 1. The zero-order valence-corrected chi connectivity index (χ0v) is 20.7. The average molecular weight is 490 g/mol. The third-order valence-electron chi connectivity index (χ3n) is 7.46. The average Bonchev–Trinajstić information content (AvgIpc) is 3.13. The highest BCUT2D eigenvalue weighted by molar-refractivity contribution is 5.83. The van der Waals surface area contributed by atoms with E-state index in [0.29, 0.717) is 28.1 Å². The standard InChI is InChI=1S/C27H29F2N7/c1-16(2)36-17(3)32-25-20(28)9-19(10-22(25)36)24-21(29)12-31-26(34-24)33-23-6-5-18(11-30-23)13-35-14-27(15-35)7-4-8-27/h5-6,9-12,16H,4,7-8,13-15H2,1-3H3,(H,30,31,33,34). The number of benzene rings is 1. The van der Waals surface area contributed by atoms with Crippen molar-refractivity contribution in [3.63, 3.8) is 0 Å². The van der Waals surface area contributed by atoms with Gasteiger partial charge in [0, 0.05) is 37.4 Å². The molecule has 1 aromatic carbocycles. The van der Waals surface area contributed by atoms with E-state index < -0.39 is 11.6 Å². The van der Waals surface area contributed by atoms with Crippen molar-refractivity contribution in [1.82, 2.24) is 29.4 Å². The second kappa shape index (κ2) is 8.58. The highest BCUT2D eigenvalue weighted by Gasteiger charge is 2.46. The van der Waals surface area contributed by atoms with Gasteiger partial charge in [-0.25, -0.2) is 28.7 Å². The number of likely N-dealkylation sites (tertiary alicyclic amines) is 1. The van der Waals surface area contributed by atoms with Crippen LogP contribution >= 0.6 is 0 Å². The molecule has 0 unspecified atom stereocenters. The maximum Gasteiger partial charge on any atom is 0.229 e. The monoisotopic (exact) mass is 489 g/mol. The summed E-state index contributed by atoms with van der Waals surface area (Å²) in [6.07, 6.45) is 7.04. The predicted molar refractivity (Wildman–Crippen MR) is 135 cm³/mol. The number of halogens is 2. The van der Waals surface area contributed by atoms with Crippen molar-refractivity contribution >= 4 is 22.8 Å². The van der Waals surface area contributed by atoms with E-state index in [2.05, 4.69) is 30.2 Å². The number of imidazole rings is 1. The van der Waals surface area contributed by atoms with Crippen LogP contribution < -0.4 is 5.32 Å². The molecule has 36 heavy (non-hydrogen) atoms. The maximum atomic E-state index is 14.9. The smallest absolute Gasteiger partial charge is 0.229 e. The Labute approximate surface area is 208 Å². The molecular formula is C27H29F2N7. The van der Waals surface area contributed by atoms with Crippen molar-refractivity contribution in [3.05, 3.63) is 59.7 Å². The minimum absolute atomic E-state index is 0.0155. The Balaban J connectivity index is 1.22. The molecule has 4 aromatic rings. The van der Waals surface area contributed by atoms with Crippen molar-refractivity contribution in [2.75, 3.05) is 18.4 Å². The van der Waals surface area contributed by atoms with Crippen molar-refractivity contribution < 1.29 is 8.78 Å². The summed E-state index contributed by atoms with van der Waals surface area (Å²) >= 11 is 0. The Hall–Kier alpha value is -3.46. The van der Waals surface area contributed by atoms with Crippen LogP contribution in [0.2, 0.25) is 0 Å². The largest absolute Gasteiger partial charge is 0.326 e. The van der Waals surface area contributed by atoms with Gasteiger partial charge in [-0.05, 0) is 62.8 Å². The number of aromatic nitrogens is 5. The molecule has 1 aliphatic carbocycles. The summed E-state index contributed by atoms with van der Waals surface area (Å²) in [6, 6.07) is 6.97. The van der Waals surface area contributed by atoms with E-state index in [9.17, 15) is 8.78 Å². The SMILES string of the molecule is Cc1nc2c(F)cc(-c3nc(Nc4ccc(CN5CC6(CCC6)C5)cn4)ncc3F)cc2n1C(C)C. The van der Waals surface area contributed by atoms with E-state index in [4.69, 9.17) is 0 Å². The summed E-state index contributed by atoms with van der Waals surface area (Å²) < 4.78 is 31.6. The van der Waals surface area contributed by atoms with Crippen molar-refractivity contribution in [2.24, 2.45) is 5.41 Å². The molecule has 1 aliphatic heterocycles. The molecule has 186 valence electrons. The van der Waals surface area contributed by atoms with Gasteiger partial charge in [0.2, 0.25) is 5.95 Å². The molecule has 9 heteroatoms. The Kier molecular flexibility index (Phi) is 5.48. The molecule has 0 bridgehead atoms. The number of anilines is 2. The third-order valence-corrected chi connectivity index (χ3v) is 7.46. The molecule has 1 saturated heterocycles. The number of hydrogen-bond acceptors (Lipinski definition) is 6. The first-order valence-corrected chi connectivity index (χ1v) is 12.5. The minimum atomic E-state index is -0.631. The summed E-state index contributed by atoms with van der Waals surface area (Å²) in [4.78, 5) is 19.7. The molecule has 6 rings (SSSR count). The number of nitrogens with zero attached hydrogens (tertiary/aromatic N) is 6. The molecule has 2 aliphatic rings. The molecule has 0 amide bonds. The lowest BCUT2D eigenvalue weighted by Crippen LogP contribution is -2.58. The van der Waals surface area contributed by atoms with Crippen LogP contribution in [0.25, 0.3) is 22.3 Å². The van der Waals surface area contributed by atoms with E-state index in [0.717, 1.165) is 18.3 Å². The predicted octanol–water partition coefficient (Wildman–Crippen LogP) is 5.79. The fraction of sp³-hybridized carbons (Fsp3) is 0.407. The fourth-order valence-electron chi connectivity index (χ4n) is 5.66. The molecule has 4 heterocycles. The van der Waals surface area contributed by atoms with Crippen LogP contribution in [-0.2, 0) is 6.54 Å². The zero-order chi connectivity index (χ0) is 25.0. The Morgan fingerprint density at radius 2 is 1.83 bits per heavy atom. The third kappa shape index (κ3) is 4.01. The normalized spacial score (nSPS) is 16.9. The molecular weight excluding hydrogens is 460 g/mol. The van der Waals surface area contributed by atoms with Gasteiger partial charge in [-0.15, -0.1) is 0 Å². The van der Waals surface area contributed by atoms with Gasteiger partial charge < -0.3 is 9.88 Å². The summed E-state index contributed by atoms with van der Waals surface area (Å²) in [5, 5.41) is 3.04. The Bertz CT molecular complexity index is 1430. The van der Waals surface area contributed by atoms with Crippen LogP contribution in [0.4, 0.5) is 20.5 Å². The van der Waals surface area contributed by atoms with Gasteiger partial charge in [-0.1, -0.05) is 12.5 Å². The van der Waals surface area contributed by atoms with Gasteiger partial charge >= 0.3 is 0 Å². The molecule has 3 aromatic heterocycles. The second-order valence-electron chi connectivity index (χ2n) is 10.5.